The maximum absolute atomic E-state index is 10.9. The van der Waals surface area contributed by atoms with Crippen molar-refractivity contribution in [2.75, 3.05) is 26.2 Å². The molecule has 26 heavy (non-hydrogen) atoms. The van der Waals surface area contributed by atoms with Crippen molar-refractivity contribution >= 4 is 27.3 Å². The topological polar surface area (TPSA) is 81.5 Å². The van der Waals surface area contributed by atoms with Crippen LogP contribution >= 0.6 is 15.9 Å². The quantitative estimate of drug-likeness (QED) is 0.482. The number of rotatable bonds is 4. The van der Waals surface area contributed by atoms with Crippen molar-refractivity contribution in [3.63, 3.8) is 0 Å². The number of imidazole rings is 1. The highest BCUT2D eigenvalue weighted by Crippen LogP contribution is 2.27. The molecule has 1 aliphatic rings. The Morgan fingerprint density at radius 3 is 2.62 bits per heavy atom. The van der Waals surface area contributed by atoms with Gasteiger partial charge in [0.2, 0.25) is 0 Å². The average Bonchev–Trinajstić information content (AvgIpc) is 3.00. The fourth-order valence-corrected chi connectivity index (χ4v) is 3.84. The Labute approximate surface area is 158 Å². The number of hydrogen-bond acceptors (Lipinski definition) is 3. The first kappa shape index (κ1) is 17.1. The van der Waals surface area contributed by atoms with Crippen molar-refractivity contribution < 1.29 is 15.1 Å². The number of non-ortho nitro benzene ring substituents is 1. The number of fused-ring (bicyclic) bond motifs is 1. The zero-order chi connectivity index (χ0) is 18.1. The minimum Gasteiger partial charge on any atom is -0.337 e. The molecule has 3 heterocycles. The SMILES string of the molecule is O=[N+]([O-])c1ccc(-c2nc3ccc(Br)cn3c2C[NH+]2CC[NH2+]CC2)cc1. The third kappa shape index (κ3) is 3.35. The fraction of sp³-hybridized carbons (Fsp3) is 0.278. The van der Waals surface area contributed by atoms with Crippen molar-refractivity contribution in [3.8, 4) is 11.3 Å². The van der Waals surface area contributed by atoms with E-state index in [2.05, 4.69) is 25.6 Å². The zero-order valence-electron chi connectivity index (χ0n) is 14.2. The van der Waals surface area contributed by atoms with E-state index in [0.29, 0.717) is 0 Å². The van der Waals surface area contributed by atoms with E-state index in [9.17, 15) is 10.1 Å². The Balaban J connectivity index is 1.79. The molecular formula is C18H20BrN5O2+2. The maximum atomic E-state index is 10.9. The summed E-state index contributed by atoms with van der Waals surface area (Å²) in [4.78, 5) is 16.9. The van der Waals surface area contributed by atoms with Crippen LogP contribution in [0.25, 0.3) is 16.9 Å². The van der Waals surface area contributed by atoms with Crippen LogP contribution in [-0.4, -0.2) is 40.5 Å². The lowest BCUT2D eigenvalue weighted by Gasteiger charge is -2.22. The fourth-order valence-electron chi connectivity index (χ4n) is 3.50. The van der Waals surface area contributed by atoms with Crippen LogP contribution < -0.4 is 10.2 Å². The van der Waals surface area contributed by atoms with E-state index in [1.165, 1.54) is 4.90 Å². The summed E-state index contributed by atoms with van der Waals surface area (Å²) in [6, 6.07) is 10.6. The van der Waals surface area contributed by atoms with Gasteiger partial charge in [-0.25, -0.2) is 4.98 Å². The lowest BCUT2D eigenvalue weighted by Crippen LogP contribution is -3.19. The number of nitro groups is 1. The second-order valence-corrected chi connectivity index (χ2v) is 7.50. The number of aromatic nitrogens is 2. The van der Waals surface area contributed by atoms with Crippen LogP contribution in [0.5, 0.6) is 0 Å². The van der Waals surface area contributed by atoms with Crippen molar-refractivity contribution in [1.82, 2.24) is 9.38 Å². The van der Waals surface area contributed by atoms with E-state index in [4.69, 9.17) is 4.98 Å². The van der Waals surface area contributed by atoms with Crippen LogP contribution in [-0.2, 0) is 6.54 Å². The number of quaternary nitrogens is 2. The first-order valence-corrected chi connectivity index (χ1v) is 9.47. The van der Waals surface area contributed by atoms with E-state index in [1.54, 1.807) is 24.3 Å². The van der Waals surface area contributed by atoms with E-state index in [1.807, 2.05) is 18.3 Å². The van der Waals surface area contributed by atoms with Gasteiger partial charge in [-0.15, -0.1) is 0 Å². The van der Waals surface area contributed by atoms with Crippen LogP contribution in [0.1, 0.15) is 5.69 Å². The Bertz CT molecular complexity index is 948. The van der Waals surface area contributed by atoms with E-state index >= 15 is 0 Å². The van der Waals surface area contributed by atoms with Gasteiger partial charge in [-0.2, -0.15) is 0 Å². The molecule has 0 saturated carbocycles. The van der Waals surface area contributed by atoms with Gasteiger partial charge in [-0.3, -0.25) is 14.5 Å². The van der Waals surface area contributed by atoms with Crippen LogP contribution in [0.4, 0.5) is 5.69 Å². The van der Waals surface area contributed by atoms with Gasteiger partial charge in [-0.1, -0.05) is 0 Å². The molecule has 0 amide bonds. The second kappa shape index (κ2) is 7.14. The van der Waals surface area contributed by atoms with Gasteiger partial charge in [0.25, 0.3) is 5.69 Å². The number of benzene rings is 1. The van der Waals surface area contributed by atoms with E-state index in [0.717, 1.165) is 59.8 Å². The van der Waals surface area contributed by atoms with Crippen LogP contribution in [0, 0.1) is 10.1 Å². The minimum absolute atomic E-state index is 0.0963. The lowest BCUT2D eigenvalue weighted by atomic mass is 10.1. The summed E-state index contributed by atoms with van der Waals surface area (Å²) in [6.45, 7) is 5.42. The third-order valence-electron chi connectivity index (χ3n) is 4.85. The summed E-state index contributed by atoms with van der Waals surface area (Å²) >= 11 is 3.55. The number of nitrogens with zero attached hydrogens (tertiary/aromatic N) is 3. The van der Waals surface area contributed by atoms with Gasteiger partial charge in [-0.05, 0) is 40.2 Å². The van der Waals surface area contributed by atoms with Gasteiger partial charge in [0.05, 0.1) is 10.6 Å². The number of piperazine rings is 1. The Kier molecular flexibility index (Phi) is 4.71. The number of nitrogens with one attached hydrogen (secondary N) is 1. The Hall–Kier alpha value is -2.29. The molecule has 4 rings (SSSR count). The molecule has 0 bridgehead atoms. The molecule has 1 saturated heterocycles. The third-order valence-corrected chi connectivity index (χ3v) is 5.32. The predicted molar refractivity (Wildman–Crippen MR) is 101 cm³/mol. The number of halogens is 1. The molecular weight excluding hydrogens is 398 g/mol. The molecule has 0 unspecified atom stereocenters. The lowest BCUT2D eigenvalue weighted by molar-refractivity contribution is -0.958. The highest BCUT2D eigenvalue weighted by molar-refractivity contribution is 9.10. The average molecular weight is 418 g/mol. The molecule has 1 aliphatic heterocycles. The molecule has 134 valence electrons. The van der Waals surface area contributed by atoms with E-state index < -0.39 is 0 Å². The molecule has 0 atom stereocenters. The standard InChI is InChI=1S/C18H18BrN5O2/c19-14-3-6-17-21-18(13-1-4-15(5-2-13)24(25)26)16(23(17)11-14)12-22-9-7-20-8-10-22/h1-6,11,20H,7-10,12H2/p+2. The minimum atomic E-state index is -0.375. The van der Waals surface area contributed by atoms with Crippen molar-refractivity contribution in [3.05, 3.63) is 62.9 Å². The zero-order valence-corrected chi connectivity index (χ0v) is 15.8. The first-order valence-electron chi connectivity index (χ1n) is 8.68. The Morgan fingerprint density at radius 1 is 1.19 bits per heavy atom. The molecule has 0 spiro atoms. The largest absolute Gasteiger partial charge is 0.337 e. The number of nitrogens with two attached hydrogens (primary N) is 1. The summed E-state index contributed by atoms with van der Waals surface area (Å²) in [5.74, 6) is 0. The number of hydrogen-bond donors (Lipinski definition) is 2. The summed E-state index contributed by atoms with van der Waals surface area (Å²) in [7, 11) is 0. The van der Waals surface area contributed by atoms with Gasteiger partial charge >= 0.3 is 0 Å². The highest BCUT2D eigenvalue weighted by Gasteiger charge is 2.22. The highest BCUT2D eigenvalue weighted by atomic mass is 79.9. The van der Waals surface area contributed by atoms with Crippen molar-refractivity contribution in [2.24, 2.45) is 0 Å². The molecule has 0 radical (unpaired) electrons. The summed E-state index contributed by atoms with van der Waals surface area (Å²) < 4.78 is 3.13. The second-order valence-electron chi connectivity index (χ2n) is 6.58. The smallest absolute Gasteiger partial charge is 0.269 e. The summed E-state index contributed by atoms with van der Waals surface area (Å²) in [5, 5.41) is 13.3. The summed E-state index contributed by atoms with van der Waals surface area (Å²) in [6.07, 6.45) is 2.04. The van der Waals surface area contributed by atoms with Gasteiger partial charge in [0.15, 0.2) is 0 Å². The van der Waals surface area contributed by atoms with Gasteiger partial charge in [0, 0.05) is 28.4 Å². The van der Waals surface area contributed by atoms with Crippen molar-refractivity contribution in [2.45, 2.75) is 6.54 Å². The van der Waals surface area contributed by atoms with Crippen LogP contribution in [0.2, 0.25) is 0 Å². The van der Waals surface area contributed by atoms with Crippen LogP contribution in [0.15, 0.2) is 47.1 Å². The molecule has 2 aromatic heterocycles. The van der Waals surface area contributed by atoms with Crippen LogP contribution in [0.3, 0.4) is 0 Å². The first-order chi connectivity index (χ1) is 12.6. The number of pyridine rings is 1. The van der Waals surface area contributed by atoms with Gasteiger partial charge in [0.1, 0.15) is 44.1 Å². The normalized spacial score (nSPS) is 15.4. The molecule has 8 heteroatoms. The summed E-state index contributed by atoms with van der Waals surface area (Å²) in [5.41, 5.74) is 3.94. The monoisotopic (exact) mass is 417 g/mol. The molecule has 7 nitrogen and oxygen atoms in total. The van der Waals surface area contributed by atoms with E-state index in [-0.39, 0.29) is 10.6 Å². The molecule has 1 aromatic carbocycles. The maximum Gasteiger partial charge on any atom is 0.269 e. The molecule has 0 aliphatic carbocycles. The van der Waals surface area contributed by atoms with Gasteiger partial charge < -0.3 is 10.2 Å². The van der Waals surface area contributed by atoms with Crippen molar-refractivity contribution in [1.29, 1.82) is 0 Å². The molecule has 3 aromatic rings. The predicted octanol–water partition coefficient (Wildman–Crippen LogP) is 0.634. The molecule has 3 N–H and O–H groups in total. The Morgan fingerprint density at radius 2 is 1.92 bits per heavy atom. The number of nitro benzene ring substituents is 1. The molecule has 1 fully saturated rings.